The van der Waals surface area contributed by atoms with Crippen molar-refractivity contribution in [3.05, 3.63) is 0 Å². The Kier molecular flexibility index (Phi) is 6.77. The Labute approximate surface area is 90.9 Å². The third-order valence-electron chi connectivity index (χ3n) is 2.23. The molecule has 0 amide bonds. The molecule has 0 aliphatic carbocycles. The summed E-state index contributed by atoms with van der Waals surface area (Å²) in [5, 5.41) is 8.79. The summed E-state index contributed by atoms with van der Waals surface area (Å²) in [5.41, 5.74) is -2.16. The maximum atomic E-state index is 13.9. The van der Waals surface area contributed by atoms with Gasteiger partial charge in [-0.25, -0.2) is 9.18 Å². The van der Waals surface area contributed by atoms with Crippen LogP contribution in [0.2, 0.25) is 0 Å². The fourth-order valence-electron chi connectivity index (χ4n) is 1.25. The van der Waals surface area contributed by atoms with Crippen molar-refractivity contribution < 1.29 is 14.3 Å². The van der Waals surface area contributed by atoms with Gasteiger partial charge in [0.05, 0.1) is 6.42 Å². The van der Waals surface area contributed by atoms with E-state index in [0.29, 0.717) is 12.8 Å². The van der Waals surface area contributed by atoms with Crippen LogP contribution >= 0.6 is 0 Å². The van der Waals surface area contributed by atoms with Crippen LogP contribution < -0.4 is 0 Å². The van der Waals surface area contributed by atoms with Gasteiger partial charge in [0.2, 0.25) is 5.67 Å². The fraction of sp³-hybridized carbons (Fsp3) is 0.750. The van der Waals surface area contributed by atoms with Crippen molar-refractivity contribution in [2.24, 2.45) is 0 Å². The highest BCUT2D eigenvalue weighted by atomic mass is 19.1. The van der Waals surface area contributed by atoms with Crippen molar-refractivity contribution >= 4 is 5.97 Å². The molecular weight excluding hydrogens is 195 g/mol. The molecule has 0 radical (unpaired) electrons. The van der Waals surface area contributed by atoms with E-state index in [1.165, 1.54) is 0 Å². The topological polar surface area (TPSA) is 37.3 Å². The van der Waals surface area contributed by atoms with Crippen molar-refractivity contribution in [2.75, 3.05) is 0 Å². The first-order valence-corrected chi connectivity index (χ1v) is 5.45. The van der Waals surface area contributed by atoms with Crippen LogP contribution in [0.15, 0.2) is 0 Å². The van der Waals surface area contributed by atoms with Gasteiger partial charge in [-0.1, -0.05) is 32.6 Å². The van der Waals surface area contributed by atoms with E-state index in [-0.39, 0.29) is 12.8 Å². The lowest BCUT2D eigenvalue weighted by atomic mass is 9.95. The number of carboxylic acid groups (broad SMARTS) is 1. The molecule has 0 bridgehead atoms. The lowest BCUT2D eigenvalue weighted by molar-refractivity contribution is -0.151. The van der Waals surface area contributed by atoms with Crippen LogP contribution in [-0.2, 0) is 4.79 Å². The molecule has 0 aromatic rings. The van der Waals surface area contributed by atoms with E-state index in [9.17, 15) is 9.18 Å². The molecule has 0 aromatic carbocycles. The predicted octanol–water partition coefficient (Wildman–Crippen LogP) is 3.16. The van der Waals surface area contributed by atoms with Crippen molar-refractivity contribution in [3.8, 4) is 11.8 Å². The second-order valence-corrected chi connectivity index (χ2v) is 3.61. The molecule has 0 aliphatic rings. The van der Waals surface area contributed by atoms with Gasteiger partial charge in [-0.3, -0.25) is 0 Å². The summed E-state index contributed by atoms with van der Waals surface area (Å²) in [5.74, 6) is 3.89. The average Bonchev–Trinajstić information content (AvgIpc) is 2.18. The number of aliphatic carboxylic acids is 1. The molecule has 0 heterocycles. The number of halogens is 1. The van der Waals surface area contributed by atoms with Crippen molar-refractivity contribution in [3.63, 3.8) is 0 Å². The minimum Gasteiger partial charge on any atom is -0.479 e. The van der Waals surface area contributed by atoms with Crippen LogP contribution in [0, 0.1) is 11.8 Å². The van der Waals surface area contributed by atoms with E-state index < -0.39 is 11.6 Å². The van der Waals surface area contributed by atoms with Crippen LogP contribution in [0.5, 0.6) is 0 Å². The zero-order valence-corrected chi connectivity index (χ0v) is 9.48. The largest absolute Gasteiger partial charge is 0.479 e. The zero-order valence-electron chi connectivity index (χ0n) is 9.48. The normalized spacial score (nSPS) is 13.8. The van der Waals surface area contributed by atoms with Crippen LogP contribution in [0.3, 0.4) is 0 Å². The molecule has 0 rings (SSSR count). The molecule has 0 aromatic heterocycles. The Balaban J connectivity index is 4.25. The average molecular weight is 214 g/mol. The predicted molar refractivity (Wildman–Crippen MR) is 58.3 cm³/mol. The Hall–Kier alpha value is -1.04. The molecule has 0 saturated heterocycles. The molecule has 3 heteroatoms. The highest BCUT2D eigenvalue weighted by Gasteiger charge is 2.37. The molecule has 1 unspecified atom stereocenters. The van der Waals surface area contributed by atoms with Gasteiger partial charge < -0.3 is 5.11 Å². The maximum Gasteiger partial charge on any atom is 0.342 e. The van der Waals surface area contributed by atoms with Gasteiger partial charge in [-0.05, 0) is 12.8 Å². The zero-order chi connectivity index (χ0) is 11.7. The number of hydrogen-bond donors (Lipinski definition) is 1. The van der Waals surface area contributed by atoms with E-state index in [2.05, 4.69) is 11.8 Å². The number of alkyl halides is 1. The summed E-state index contributed by atoms with van der Waals surface area (Å²) in [6.07, 6.45) is 2.92. The van der Waals surface area contributed by atoms with Gasteiger partial charge in [0.25, 0.3) is 0 Å². The second kappa shape index (κ2) is 7.28. The van der Waals surface area contributed by atoms with Crippen LogP contribution in [0.4, 0.5) is 4.39 Å². The lowest BCUT2D eigenvalue weighted by Gasteiger charge is -2.17. The van der Waals surface area contributed by atoms with Gasteiger partial charge in [0.15, 0.2) is 0 Å². The number of carbonyl (C=O) groups is 1. The minimum atomic E-state index is -2.16. The summed E-state index contributed by atoms with van der Waals surface area (Å²) in [7, 11) is 0. The Morgan fingerprint density at radius 1 is 1.33 bits per heavy atom. The molecule has 2 nitrogen and oxygen atoms in total. The monoisotopic (exact) mass is 214 g/mol. The first kappa shape index (κ1) is 14.0. The number of unbranched alkanes of at least 4 members (excludes halogenated alkanes) is 2. The molecule has 86 valence electrons. The Morgan fingerprint density at radius 3 is 2.47 bits per heavy atom. The second-order valence-electron chi connectivity index (χ2n) is 3.61. The van der Waals surface area contributed by atoms with Gasteiger partial charge in [0.1, 0.15) is 0 Å². The first-order valence-electron chi connectivity index (χ1n) is 5.45. The SMILES string of the molecule is CCC#CCC(F)(CCCCC)C(=O)O. The number of carboxylic acids is 1. The van der Waals surface area contributed by atoms with Crippen molar-refractivity contribution in [1.29, 1.82) is 0 Å². The standard InChI is InChI=1S/C12H19FO2/c1-3-5-7-9-12(13,11(14)15)10-8-6-4-2/h3-5,7,9-10H2,1-2H3,(H,14,15). The van der Waals surface area contributed by atoms with E-state index in [1.54, 1.807) is 0 Å². The third kappa shape index (κ3) is 5.41. The summed E-state index contributed by atoms with van der Waals surface area (Å²) < 4.78 is 13.9. The van der Waals surface area contributed by atoms with Crippen LogP contribution in [0.25, 0.3) is 0 Å². The smallest absolute Gasteiger partial charge is 0.342 e. The molecule has 0 fully saturated rings. The number of hydrogen-bond acceptors (Lipinski definition) is 1. The molecule has 0 saturated carbocycles. The number of rotatable bonds is 6. The van der Waals surface area contributed by atoms with E-state index >= 15 is 0 Å². The molecule has 1 atom stereocenters. The molecular formula is C12H19FO2. The Bertz CT molecular complexity index is 252. The van der Waals surface area contributed by atoms with Crippen molar-refractivity contribution in [1.82, 2.24) is 0 Å². The van der Waals surface area contributed by atoms with Gasteiger partial charge in [0, 0.05) is 6.42 Å². The summed E-state index contributed by atoms with van der Waals surface area (Å²) in [6.45, 7) is 3.85. The summed E-state index contributed by atoms with van der Waals surface area (Å²) in [4.78, 5) is 10.8. The quantitative estimate of drug-likeness (QED) is 0.544. The molecule has 0 aliphatic heterocycles. The molecule has 1 N–H and O–H groups in total. The summed E-state index contributed by atoms with van der Waals surface area (Å²) >= 11 is 0. The summed E-state index contributed by atoms with van der Waals surface area (Å²) in [6, 6.07) is 0. The Morgan fingerprint density at radius 2 is 2.00 bits per heavy atom. The lowest BCUT2D eigenvalue weighted by Crippen LogP contribution is -2.33. The molecule has 15 heavy (non-hydrogen) atoms. The van der Waals surface area contributed by atoms with E-state index in [1.807, 2.05) is 13.8 Å². The highest BCUT2D eigenvalue weighted by molar-refractivity contribution is 5.77. The molecule has 0 spiro atoms. The van der Waals surface area contributed by atoms with E-state index in [0.717, 1.165) is 12.8 Å². The van der Waals surface area contributed by atoms with Crippen LogP contribution in [-0.4, -0.2) is 16.7 Å². The first-order chi connectivity index (χ1) is 7.06. The van der Waals surface area contributed by atoms with Crippen molar-refractivity contribution in [2.45, 2.75) is 58.0 Å². The van der Waals surface area contributed by atoms with Gasteiger partial charge >= 0.3 is 5.97 Å². The minimum absolute atomic E-state index is 0.0641. The van der Waals surface area contributed by atoms with Gasteiger partial charge in [-0.15, -0.1) is 5.92 Å². The third-order valence-corrected chi connectivity index (χ3v) is 2.23. The van der Waals surface area contributed by atoms with Gasteiger partial charge in [-0.2, -0.15) is 0 Å². The van der Waals surface area contributed by atoms with Crippen LogP contribution in [0.1, 0.15) is 52.4 Å². The maximum absolute atomic E-state index is 13.9. The highest BCUT2D eigenvalue weighted by Crippen LogP contribution is 2.24. The fourth-order valence-corrected chi connectivity index (χ4v) is 1.25. The van der Waals surface area contributed by atoms with E-state index in [4.69, 9.17) is 5.11 Å².